The molecule has 8 nitrogen and oxygen atoms in total. The zero-order chi connectivity index (χ0) is 23.2. The number of nitrogens with one attached hydrogen (secondary N) is 2. The summed E-state index contributed by atoms with van der Waals surface area (Å²) in [6.45, 7) is 0.949. The van der Waals surface area contributed by atoms with E-state index in [0.29, 0.717) is 19.6 Å². The number of hydroxylamine groups is 1. The van der Waals surface area contributed by atoms with E-state index in [1.165, 1.54) is 0 Å². The molecule has 0 radical (unpaired) electrons. The summed E-state index contributed by atoms with van der Waals surface area (Å²) < 4.78 is 5.76. The van der Waals surface area contributed by atoms with Crippen LogP contribution < -0.4 is 10.8 Å². The minimum Gasteiger partial charge on any atom is -0.374 e. The summed E-state index contributed by atoms with van der Waals surface area (Å²) in [5.74, 6) is -1.88. The Morgan fingerprint density at radius 2 is 1.88 bits per heavy atom. The lowest BCUT2D eigenvalue weighted by Gasteiger charge is -2.26. The largest absolute Gasteiger partial charge is 0.374 e. The first-order valence-corrected chi connectivity index (χ1v) is 11.3. The molecule has 2 atom stereocenters. The summed E-state index contributed by atoms with van der Waals surface area (Å²) in [4.78, 5) is 39.4. The number of ether oxygens (including phenoxy) is 1. The average molecular weight is 446 g/mol. The topological polar surface area (TPSA) is 108 Å². The van der Waals surface area contributed by atoms with Crippen LogP contribution in [0.25, 0.3) is 0 Å². The number of benzene rings is 1. The van der Waals surface area contributed by atoms with Crippen LogP contribution in [0, 0.1) is 5.92 Å². The lowest BCUT2D eigenvalue weighted by molar-refractivity contribution is -0.140. The molecule has 1 aliphatic heterocycles. The summed E-state index contributed by atoms with van der Waals surface area (Å²) in [5, 5.41) is 11.7. The maximum Gasteiger partial charge on any atom is 0.247 e. The molecule has 0 spiro atoms. The van der Waals surface area contributed by atoms with Gasteiger partial charge in [0.2, 0.25) is 17.7 Å². The third kappa shape index (κ3) is 9.20. The fourth-order valence-corrected chi connectivity index (χ4v) is 3.63. The molecule has 0 fully saturated rings. The number of rotatable bonds is 6. The maximum atomic E-state index is 13.1. The molecule has 0 aromatic heterocycles. The summed E-state index contributed by atoms with van der Waals surface area (Å²) in [6.07, 6.45) is 8.89. The summed E-state index contributed by atoms with van der Waals surface area (Å²) in [5.41, 5.74) is 2.57. The van der Waals surface area contributed by atoms with Crippen LogP contribution >= 0.6 is 0 Å². The van der Waals surface area contributed by atoms with Crippen molar-refractivity contribution in [3.63, 3.8) is 0 Å². The number of hydrogen-bond donors (Lipinski definition) is 3. The Labute approximate surface area is 190 Å². The highest BCUT2D eigenvalue weighted by molar-refractivity contribution is 5.90. The SMILES string of the molecule is CN1CCCCC=CCCC[C@H](CC(=O)NO)C(=O)N[C@@H](COCc2ccccc2)C1=O. The average Bonchev–Trinajstić information content (AvgIpc) is 2.81. The highest BCUT2D eigenvalue weighted by Gasteiger charge is 2.29. The molecular weight excluding hydrogens is 410 g/mol. The maximum absolute atomic E-state index is 13.1. The van der Waals surface area contributed by atoms with Crippen molar-refractivity contribution in [3.8, 4) is 0 Å². The van der Waals surface area contributed by atoms with E-state index >= 15 is 0 Å². The second-order valence-corrected chi connectivity index (χ2v) is 8.16. The van der Waals surface area contributed by atoms with Crippen LogP contribution in [0.2, 0.25) is 0 Å². The molecule has 8 heteroatoms. The van der Waals surface area contributed by atoms with Crippen molar-refractivity contribution in [2.75, 3.05) is 20.2 Å². The van der Waals surface area contributed by atoms with E-state index in [-0.39, 0.29) is 24.8 Å². The van der Waals surface area contributed by atoms with Crippen LogP contribution in [0.4, 0.5) is 0 Å². The van der Waals surface area contributed by atoms with E-state index in [2.05, 4.69) is 17.5 Å². The van der Waals surface area contributed by atoms with E-state index in [1.54, 1.807) is 17.4 Å². The van der Waals surface area contributed by atoms with Gasteiger partial charge >= 0.3 is 0 Å². The van der Waals surface area contributed by atoms with Gasteiger partial charge in [0.1, 0.15) is 6.04 Å². The predicted molar refractivity (Wildman–Crippen MR) is 121 cm³/mol. The van der Waals surface area contributed by atoms with E-state index in [0.717, 1.165) is 37.7 Å². The van der Waals surface area contributed by atoms with Crippen molar-refractivity contribution >= 4 is 17.7 Å². The van der Waals surface area contributed by atoms with Crippen LogP contribution in [0.5, 0.6) is 0 Å². The molecule has 1 aromatic carbocycles. The van der Waals surface area contributed by atoms with Crippen molar-refractivity contribution in [1.29, 1.82) is 0 Å². The van der Waals surface area contributed by atoms with E-state index < -0.39 is 17.9 Å². The quantitative estimate of drug-likeness (QED) is 0.354. The van der Waals surface area contributed by atoms with Gasteiger partial charge in [-0.15, -0.1) is 0 Å². The first kappa shape index (κ1) is 25.5. The molecule has 0 saturated heterocycles. The molecule has 0 saturated carbocycles. The van der Waals surface area contributed by atoms with Gasteiger partial charge in [0.15, 0.2) is 0 Å². The number of hydrogen-bond acceptors (Lipinski definition) is 5. The van der Waals surface area contributed by atoms with Crippen LogP contribution in [0.1, 0.15) is 50.5 Å². The molecule has 2 rings (SSSR count). The fourth-order valence-electron chi connectivity index (χ4n) is 3.63. The number of likely N-dealkylation sites (N-methyl/N-ethyl adjacent to an activating group) is 1. The van der Waals surface area contributed by atoms with Gasteiger partial charge in [0, 0.05) is 25.9 Å². The molecule has 1 aliphatic rings. The summed E-state index contributed by atoms with van der Waals surface area (Å²) in [6, 6.07) is 8.75. The van der Waals surface area contributed by atoms with Gasteiger partial charge in [-0.3, -0.25) is 19.6 Å². The Hall–Kier alpha value is -2.71. The molecule has 0 unspecified atom stereocenters. The van der Waals surface area contributed by atoms with E-state index in [9.17, 15) is 14.4 Å². The number of amides is 3. The zero-order valence-corrected chi connectivity index (χ0v) is 18.8. The summed E-state index contributed by atoms with van der Waals surface area (Å²) in [7, 11) is 1.73. The monoisotopic (exact) mass is 445 g/mol. The van der Waals surface area contributed by atoms with Gasteiger partial charge in [0.05, 0.1) is 13.2 Å². The van der Waals surface area contributed by atoms with Gasteiger partial charge in [-0.05, 0) is 44.1 Å². The van der Waals surface area contributed by atoms with Gasteiger partial charge in [-0.25, -0.2) is 5.48 Å². The van der Waals surface area contributed by atoms with Crippen LogP contribution in [-0.4, -0.2) is 54.1 Å². The van der Waals surface area contributed by atoms with Gasteiger partial charge < -0.3 is 15.0 Å². The molecule has 0 bridgehead atoms. The minimum atomic E-state index is -0.848. The lowest BCUT2D eigenvalue weighted by atomic mass is 9.96. The predicted octanol–water partition coefficient (Wildman–Crippen LogP) is 2.57. The molecule has 176 valence electrons. The Bertz CT molecular complexity index is 753. The third-order valence-corrected chi connectivity index (χ3v) is 5.52. The number of allylic oxidation sites excluding steroid dienone is 2. The molecule has 1 aromatic rings. The Kier molecular flexibility index (Phi) is 11.5. The molecule has 32 heavy (non-hydrogen) atoms. The second-order valence-electron chi connectivity index (χ2n) is 8.16. The fraction of sp³-hybridized carbons (Fsp3) is 0.542. The highest BCUT2D eigenvalue weighted by atomic mass is 16.5. The Morgan fingerprint density at radius 1 is 1.16 bits per heavy atom. The van der Waals surface area contributed by atoms with E-state index in [4.69, 9.17) is 9.94 Å². The first-order chi connectivity index (χ1) is 15.5. The number of carbonyl (C=O) groups excluding carboxylic acids is 3. The van der Waals surface area contributed by atoms with Crippen LogP contribution in [0.15, 0.2) is 42.5 Å². The molecule has 3 N–H and O–H groups in total. The van der Waals surface area contributed by atoms with Crippen molar-refractivity contribution in [2.45, 2.75) is 57.6 Å². The zero-order valence-electron chi connectivity index (χ0n) is 18.8. The number of carbonyl (C=O) groups is 3. The Balaban J connectivity index is 2.11. The van der Waals surface area contributed by atoms with Crippen molar-refractivity contribution < 1.29 is 24.3 Å². The normalized spacial score (nSPS) is 21.4. The highest BCUT2D eigenvalue weighted by Crippen LogP contribution is 2.15. The van der Waals surface area contributed by atoms with Gasteiger partial charge in [0.25, 0.3) is 0 Å². The molecular formula is C24H35N3O5. The van der Waals surface area contributed by atoms with Crippen molar-refractivity contribution in [2.24, 2.45) is 5.92 Å². The van der Waals surface area contributed by atoms with Gasteiger partial charge in [-0.2, -0.15) is 0 Å². The van der Waals surface area contributed by atoms with Crippen molar-refractivity contribution in [3.05, 3.63) is 48.0 Å². The van der Waals surface area contributed by atoms with E-state index in [1.807, 2.05) is 30.3 Å². The molecule has 0 aliphatic carbocycles. The first-order valence-electron chi connectivity index (χ1n) is 11.3. The van der Waals surface area contributed by atoms with Crippen molar-refractivity contribution in [1.82, 2.24) is 15.7 Å². The number of nitrogens with zero attached hydrogens (tertiary/aromatic N) is 1. The molecule has 3 amide bonds. The van der Waals surface area contributed by atoms with Crippen LogP contribution in [-0.2, 0) is 25.7 Å². The standard InChI is InChI=1S/C24H35N3O5/c1-27-15-11-6-4-2-3-5-10-14-20(16-22(28)26-31)23(29)25-21(24(27)30)18-32-17-19-12-8-7-9-13-19/h2-3,7-9,12-13,20-21,31H,4-6,10-11,14-18H2,1H3,(H,25,29)(H,26,28)/t20-,21+/m1/s1. The smallest absolute Gasteiger partial charge is 0.247 e. The lowest BCUT2D eigenvalue weighted by Crippen LogP contribution is -2.51. The van der Waals surface area contributed by atoms with Gasteiger partial charge in [-0.1, -0.05) is 42.5 Å². The minimum absolute atomic E-state index is 0.0320. The Morgan fingerprint density at radius 3 is 2.59 bits per heavy atom. The molecule has 1 heterocycles. The third-order valence-electron chi connectivity index (χ3n) is 5.52. The van der Waals surface area contributed by atoms with Crippen LogP contribution in [0.3, 0.4) is 0 Å². The second kappa shape index (κ2) is 14.4. The summed E-state index contributed by atoms with van der Waals surface area (Å²) >= 11 is 0.